The van der Waals surface area contributed by atoms with E-state index >= 15 is 0 Å². The summed E-state index contributed by atoms with van der Waals surface area (Å²) in [4.78, 5) is 9.74. The van der Waals surface area contributed by atoms with Gasteiger partial charge in [0.15, 0.2) is 0 Å². The Hall–Kier alpha value is -4.24. The molecular weight excluding hydrogens is 452 g/mol. The number of aromatic nitrogens is 2. The molecule has 5 aromatic rings. The van der Waals surface area contributed by atoms with Crippen LogP contribution in [0.1, 0.15) is 43.6 Å². The third-order valence-electron chi connectivity index (χ3n) is 7.17. The van der Waals surface area contributed by atoms with Crippen molar-refractivity contribution in [2.24, 2.45) is 0 Å². The molecule has 0 amide bonds. The Morgan fingerprint density at radius 1 is 0.486 bits per heavy atom. The molecule has 2 aromatic heterocycles. The molecule has 0 atom stereocenters. The molecule has 0 unspecified atom stereocenters. The van der Waals surface area contributed by atoms with Crippen LogP contribution < -0.4 is 4.74 Å². The molecule has 3 heteroatoms. The van der Waals surface area contributed by atoms with Crippen molar-refractivity contribution >= 4 is 0 Å². The van der Waals surface area contributed by atoms with Crippen molar-refractivity contribution in [2.45, 2.75) is 38.0 Å². The molecule has 1 fully saturated rings. The Morgan fingerprint density at radius 2 is 1.14 bits per heavy atom. The molecule has 0 aliphatic heterocycles. The molecule has 1 saturated carbocycles. The Labute approximate surface area is 218 Å². The van der Waals surface area contributed by atoms with Gasteiger partial charge in [-0.3, -0.25) is 0 Å². The lowest BCUT2D eigenvalue weighted by Gasteiger charge is -2.23. The third-order valence-corrected chi connectivity index (χ3v) is 7.17. The monoisotopic (exact) mass is 482 g/mol. The molecule has 1 aliphatic carbocycles. The van der Waals surface area contributed by atoms with E-state index < -0.39 is 0 Å². The first kappa shape index (κ1) is 23.2. The summed E-state index contributed by atoms with van der Waals surface area (Å²) >= 11 is 0. The second-order valence-electron chi connectivity index (χ2n) is 9.73. The number of hydrogen-bond acceptors (Lipinski definition) is 3. The fourth-order valence-corrected chi connectivity index (χ4v) is 5.23. The standard InChI is InChI=1S/C34H30N2O/c1-4-12-25(13-5-1)28-18-10-19-29(22-28)31-20-11-21-33(35-31)37-34-24-30(26-14-6-2-7-15-26)23-32(36-34)27-16-8-3-9-17-27/h1,3-5,8-13,16-24,26H,2,6-7,14-15H2. The van der Waals surface area contributed by atoms with Crippen LogP contribution in [0.3, 0.4) is 0 Å². The molecule has 0 saturated heterocycles. The summed E-state index contributed by atoms with van der Waals surface area (Å²) in [5.41, 5.74) is 7.65. The Morgan fingerprint density at radius 3 is 1.92 bits per heavy atom. The summed E-state index contributed by atoms with van der Waals surface area (Å²) in [7, 11) is 0. The molecule has 1 aliphatic rings. The van der Waals surface area contributed by atoms with Crippen molar-refractivity contribution in [3.63, 3.8) is 0 Å². The minimum absolute atomic E-state index is 0.551. The van der Waals surface area contributed by atoms with Crippen LogP contribution in [0.4, 0.5) is 0 Å². The molecular formula is C34H30N2O. The summed E-state index contributed by atoms with van der Waals surface area (Å²) in [6.45, 7) is 0. The largest absolute Gasteiger partial charge is 0.421 e. The maximum Gasteiger partial charge on any atom is 0.222 e. The van der Waals surface area contributed by atoms with Crippen molar-refractivity contribution in [2.75, 3.05) is 0 Å². The van der Waals surface area contributed by atoms with Crippen molar-refractivity contribution in [3.05, 3.63) is 121 Å². The number of rotatable bonds is 6. The lowest BCUT2D eigenvalue weighted by molar-refractivity contribution is 0.430. The first-order valence-electron chi connectivity index (χ1n) is 13.2. The number of ether oxygens (including phenoxy) is 1. The van der Waals surface area contributed by atoms with E-state index in [1.54, 1.807) is 0 Å². The van der Waals surface area contributed by atoms with Gasteiger partial charge < -0.3 is 4.74 Å². The topological polar surface area (TPSA) is 35.0 Å². The molecule has 0 bridgehead atoms. The van der Waals surface area contributed by atoms with E-state index in [-0.39, 0.29) is 0 Å². The normalized spacial score (nSPS) is 13.8. The summed E-state index contributed by atoms with van der Waals surface area (Å²) in [5, 5.41) is 0. The predicted octanol–water partition coefficient (Wildman–Crippen LogP) is 9.32. The third kappa shape index (κ3) is 5.46. The van der Waals surface area contributed by atoms with Crippen LogP contribution in [0.15, 0.2) is 115 Å². The molecule has 0 radical (unpaired) electrons. The smallest absolute Gasteiger partial charge is 0.222 e. The Balaban J connectivity index is 1.32. The summed E-state index contributed by atoms with van der Waals surface area (Å²) < 4.78 is 6.33. The van der Waals surface area contributed by atoms with Gasteiger partial charge in [-0.05, 0) is 53.6 Å². The SMILES string of the molecule is c1ccc(-c2cccc(-c3cccc(Oc4cc(C5CCCCC5)cc(-c5ccccc5)n4)n3)c2)cc1. The molecule has 182 valence electrons. The van der Waals surface area contributed by atoms with Gasteiger partial charge in [-0.2, -0.15) is 0 Å². The van der Waals surface area contributed by atoms with Gasteiger partial charge >= 0.3 is 0 Å². The van der Waals surface area contributed by atoms with E-state index in [1.807, 2.05) is 30.3 Å². The van der Waals surface area contributed by atoms with Crippen LogP contribution in [0, 0.1) is 0 Å². The van der Waals surface area contributed by atoms with Crippen molar-refractivity contribution in [1.82, 2.24) is 9.97 Å². The average molecular weight is 483 g/mol. The van der Waals surface area contributed by atoms with Crippen molar-refractivity contribution in [1.29, 1.82) is 0 Å². The van der Waals surface area contributed by atoms with Crippen molar-refractivity contribution < 1.29 is 4.74 Å². The molecule has 2 heterocycles. The zero-order valence-corrected chi connectivity index (χ0v) is 20.9. The zero-order chi connectivity index (χ0) is 24.9. The van der Waals surface area contributed by atoms with Crippen LogP contribution in [-0.4, -0.2) is 9.97 Å². The maximum atomic E-state index is 6.33. The van der Waals surface area contributed by atoms with E-state index in [0.29, 0.717) is 17.7 Å². The minimum atomic E-state index is 0.551. The van der Waals surface area contributed by atoms with Gasteiger partial charge in [-0.15, -0.1) is 0 Å². The predicted molar refractivity (Wildman–Crippen MR) is 151 cm³/mol. The van der Waals surface area contributed by atoms with E-state index in [0.717, 1.165) is 22.5 Å². The van der Waals surface area contributed by atoms with E-state index in [9.17, 15) is 0 Å². The number of hydrogen-bond donors (Lipinski definition) is 0. The van der Waals surface area contributed by atoms with Gasteiger partial charge in [0.05, 0.1) is 11.4 Å². The van der Waals surface area contributed by atoms with Crippen LogP contribution in [0.5, 0.6) is 11.8 Å². The first-order valence-corrected chi connectivity index (χ1v) is 13.2. The molecule has 0 spiro atoms. The van der Waals surface area contributed by atoms with E-state index in [4.69, 9.17) is 14.7 Å². The fourth-order valence-electron chi connectivity index (χ4n) is 5.23. The number of benzene rings is 3. The highest BCUT2D eigenvalue weighted by atomic mass is 16.5. The van der Waals surface area contributed by atoms with Crippen LogP contribution >= 0.6 is 0 Å². The Bertz CT molecular complexity index is 1470. The van der Waals surface area contributed by atoms with E-state index in [2.05, 4.69) is 84.9 Å². The van der Waals surface area contributed by atoms with Gasteiger partial charge in [0.2, 0.25) is 11.8 Å². The zero-order valence-electron chi connectivity index (χ0n) is 20.9. The summed E-state index contributed by atoms with van der Waals surface area (Å²) in [6, 6.07) is 39.5. The molecule has 6 rings (SSSR count). The van der Waals surface area contributed by atoms with Crippen LogP contribution in [0.2, 0.25) is 0 Å². The molecule has 3 aromatic carbocycles. The maximum absolute atomic E-state index is 6.33. The second kappa shape index (κ2) is 10.8. The first-order chi connectivity index (χ1) is 18.3. The van der Waals surface area contributed by atoms with Gasteiger partial charge in [-0.1, -0.05) is 104 Å². The van der Waals surface area contributed by atoms with E-state index in [1.165, 1.54) is 48.8 Å². The van der Waals surface area contributed by atoms with Crippen molar-refractivity contribution in [3.8, 4) is 45.4 Å². The molecule has 3 nitrogen and oxygen atoms in total. The molecule has 0 N–H and O–H groups in total. The number of nitrogens with zero attached hydrogens (tertiary/aromatic N) is 2. The van der Waals surface area contributed by atoms with Crippen LogP contribution in [-0.2, 0) is 0 Å². The quantitative estimate of drug-likeness (QED) is 0.242. The molecule has 37 heavy (non-hydrogen) atoms. The lowest BCUT2D eigenvalue weighted by Crippen LogP contribution is -2.06. The van der Waals surface area contributed by atoms with Gasteiger partial charge in [0.1, 0.15) is 0 Å². The highest BCUT2D eigenvalue weighted by Gasteiger charge is 2.18. The summed E-state index contributed by atoms with van der Waals surface area (Å²) in [6.07, 6.45) is 6.36. The van der Waals surface area contributed by atoms with Gasteiger partial charge in [-0.25, -0.2) is 9.97 Å². The number of pyridine rings is 2. The average Bonchev–Trinajstić information content (AvgIpc) is 2.99. The Kier molecular flexibility index (Phi) is 6.76. The second-order valence-corrected chi connectivity index (χ2v) is 9.73. The van der Waals surface area contributed by atoms with Crippen LogP contribution in [0.25, 0.3) is 33.6 Å². The van der Waals surface area contributed by atoms with Gasteiger partial charge in [0.25, 0.3) is 0 Å². The minimum Gasteiger partial charge on any atom is -0.421 e. The van der Waals surface area contributed by atoms with Gasteiger partial charge in [0, 0.05) is 23.3 Å². The highest BCUT2D eigenvalue weighted by molar-refractivity contribution is 5.71. The fraction of sp³-hybridized carbons (Fsp3) is 0.176. The summed E-state index contributed by atoms with van der Waals surface area (Å²) in [5.74, 6) is 1.71. The highest BCUT2D eigenvalue weighted by Crippen LogP contribution is 2.36. The lowest BCUT2D eigenvalue weighted by atomic mass is 9.84.